The molecular formula is C16H31NO2S. The van der Waals surface area contributed by atoms with Gasteiger partial charge in [0.15, 0.2) is 9.84 Å². The average Bonchev–Trinajstić information content (AvgIpc) is 2.41. The van der Waals surface area contributed by atoms with Gasteiger partial charge >= 0.3 is 0 Å². The quantitative estimate of drug-likeness (QED) is 0.867. The van der Waals surface area contributed by atoms with Gasteiger partial charge < -0.3 is 5.32 Å². The van der Waals surface area contributed by atoms with Crippen molar-refractivity contribution in [1.82, 2.24) is 5.32 Å². The molecule has 0 aromatic heterocycles. The van der Waals surface area contributed by atoms with Gasteiger partial charge in [-0.3, -0.25) is 0 Å². The summed E-state index contributed by atoms with van der Waals surface area (Å²) in [6.45, 7) is 7.34. The summed E-state index contributed by atoms with van der Waals surface area (Å²) in [5, 5.41) is 3.20. The van der Waals surface area contributed by atoms with Crippen LogP contribution in [0.1, 0.15) is 65.7 Å². The molecule has 0 aliphatic heterocycles. The van der Waals surface area contributed by atoms with Crippen molar-refractivity contribution >= 4 is 9.84 Å². The number of sulfone groups is 1. The number of hydrogen-bond acceptors (Lipinski definition) is 3. The lowest BCUT2D eigenvalue weighted by Gasteiger charge is -2.38. The van der Waals surface area contributed by atoms with Crippen molar-refractivity contribution in [2.75, 3.05) is 6.54 Å². The van der Waals surface area contributed by atoms with Crippen LogP contribution in [0.2, 0.25) is 0 Å². The Morgan fingerprint density at radius 3 is 2.35 bits per heavy atom. The van der Waals surface area contributed by atoms with Crippen molar-refractivity contribution in [3.8, 4) is 0 Å². The highest BCUT2D eigenvalue weighted by Crippen LogP contribution is 2.36. The zero-order chi connectivity index (χ0) is 14.8. The monoisotopic (exact) mass is 301 g/mol. The SMILES string of the molecule is CCNC1CCC(C)CC1S(=O)(=O)C1CCCC(C)C1. The zero-order valence-corrected chi connectivity index (χ0v) is 14.1. The van der Waals surface area contributed by atoms with Crippen LogP contribution in [0.3, 0.4) is 0 Å². The number of nitrogens with one attached hydrogen (secondary N) is 1. The lowest BCUT2D eigenvalue weighted by Crippen LogP contribution is -2.51. The first-order chi connectivity index (χ1) is 9.45. The minimum atomic E-state index is -2.98. The third kappa shape index (κ3) is 3.56. The van der Waals surface area contributed by atoms with Crippen LogP contribution < -0.4 is 5.32 Å². The lowest BCUT2D eigenvalue weighted by atomic mass is 9.87. The standard InChI is InChI=1S/C16H31NO2S/c1-4-17-15-9-8-13(3)11-16(15)20(18,19)14-7-5-6-12(2)10-14/h12-17H,4-11H2,1-3H3. The van der Waals surface area contributed by atoms with E-state index in [0.717, 1.165) is 45.1 Å². The predicted octanol–water partition coefficient (Wildman–Crippen LogP) is 3.15. The topological polar surface area (TPSA) is 46.2 Å². The molecule has 0 radical (unpaired) electrons. The highest BCUT2D eigenvalue weighted by molar-refractivity contribution is 7.92. The second-order valence-corrected chi connectivity index (χ2v) is 9.55. The van der Waals surface area contributed by atoms with E-state index in [-0.39, 0.29) is 16.5 Å². The van der Waals surface area contributed by atoms with Crippen LogP contribution in [-0.2, 0) is 9.84 Å². The first kappa shape index (κ1) is 16.3. The van der Waals surface area contributed by atoms with Gasteiger partial charge in [0.2, 0.25) is 0 Å². The Bertz CT molecular complexity index is 407. The van der Waals surface area contributed by atoms with E-state index >= 15 is 0 Å². The van der Waals surface area contributed by atoms with E-state index in [9.17, 15) is 8.42 Å². The van der Waals surface area contributed by atoms with Gasteiger partial charge in [-0.05, 0) is 50.5 Å². The number of hydrogen-bond donors (Lipinski definition) is 1. The molecule has 2 rings (SSSR count). The Labute approximate surface area is 124 Å². The minimum absolute atomic E-state index is 0.0808. The van der Waals surface area contributed by atoms with Crippen LogP contribution >= 0.6 is 0 Å². The Morgan fingerprint density at radius 2 is 1.70 bits per heavy atom. The summed E-state index contributed by atoms with van der Waals surface area (Å²) >= 11 is 0. The molecule has 0 bridgehead atoms. The second kappa shape index (κ2) is 6.78. The highest BCUT2D eigenvalue weighted by Gasteiger charge is 2.42. The second-order valence-electron chi connectivity index (χ2n) is 7.10. The zero-order valence-electron chi connectivity index (χ0n) is 13.3. The molecule has 0 amide bonds. The average molecular weight is 301 g/mol. The van der Waals surface area contributed by atoms with Crippen LogP contribution in [0.25, 0.3) is 0 Å². The van der Waals surface area contributed by atoms with Crippen molar-refractivity contribution in [2.45, 2.75) is 82.3 Å². The summed E-state index contributed by atoms with van der Waals surface area (Å²) in [5.41, 5.74) is 0. The molecule has 3 nitrogen and oxygen atoms in total. The maximum absolute atomic E-state index is 13.1. The molecule has 0 aromatic rings. The van der Waals surface area contributed by atoms with E-state index in [0.29, 0.717) is 11.8 Å². The molecule has 2 aliphatic carbocycles. The Balaban J connectivity index is 2.15. The normalized spacial score (nSPS) is 39.6. The molecule has 2 aliphatic rings. The Kier molecular flexibility index (Phi) is 5.52. The summed E-state index contributed by atoms with van der Waals surface area (Å²) in [6.07, 6.45) is 7.07. The van der Waals surface area contributed by atoms with E-state index in [4.69, 9.17) is 0 Å². The van der Waals surface area contributed by atoms with E-state index in [1.165, 1.54) is 6.42 Å². The largest absolute Gasteiger partial charge is 0.313 e. The van der Waals surface area contributed by atoms with Crippen LogP contribution in [0.4, 0.5) is 0 Å². The molecule has 20 heavy (non-hydrogen) atoms. The van der Waals surface area contributed by atoms with Crippen molar-refractivity contribution < 1.29 is 8.42 Å². The molecule has 2 saturated carbocycles. The van der Waals surface area contributed by atoms with Crippen molar-refractivity contribution in [3.05, 3.63) is 0 Å². The molecule has 2 fully saturated rings. The van der Waals surface area contributed by atoms with Gasteiger partial charge in [0, 0.05) is 6.04 Å². The third-order valence-electron chi connectivity index (χ3n) is 5.30. The Hall–Kier alpha value is -0.0900. The minimum Gasteiger partial charge on any atom is -0.313 e. The van der Waals surface area contributed by atoms with Gasteiger partial charge in [0.1, 0.15) is 0 Å². The van der Waals surface area contributed by atoms with Gasteiger partial charge in [-0.15, -0.1) is 0 Å². The fraction of sp³-hybridized carbons (Fsp3) is 1.00. The summed E-state index contributed by atoms with van der Waals surface area (Å²) in [7, 11) is -2.98. The predicted molar refractivity (Wildman–Crippen MR) is 84.6 cm³/mol. The highest BCUT2D eigenvalue weighted by atomic mass is 32.2. The molecule has 0 aromatic carbocycles. The summed E-state index contributed by atoms with van der Waals surface area (Å²) < 4.78 is 26.2. The summed E-state index contributed by atoms with van der Waals surface area (Å²) in [4.78, 5) is 0. The fourth-order valence-electron chi connectivity index (χ4n) is 4.11. The van der Waals surface area contributed by atoms with Gasteiger partial charge in [0.25, 0.3) is 0 Å². The van der Waals surface area contributed by atoms with Crippen molar-refractivity contribution in [3.63, 3.8) is 0 Å². The van der Waals surface area contributed by atoms with E-state index < -0.39 is 9.84 Å². The summed E-state index contributed by atoms with van der Waals surface area (Å²) in [6, 6.07) is 0.179. The first-order valence-electron chi connectivity index (χ1n) is 8.41. The maximum atomic E-state index is 13.1. The molecule has 4 heteroatoms. The molecule has 1 N–H and O–H groups in total. The fourth-order valence-corrected chi connectivity index (χ4v) is 6.98. The number of rotatable bonds is 4. The van der Waals surface area contributed by atoms with Crippen molar-refractivity contribution in [2.24, 2.45) is 11.8 Å². The van der Waals surface area contributed by atoms with Gasteiger partial charge in [-0.2, -0.15) is 0 Å². The van der Waals surface area contributed by atoms with Gasteiger partial charge in [-0.25, -0.2) is 8.42 Å². The molecule has 5 atom stereocenters. The molecule has 5 unspecified atom stereocenters. The third-order valence-corrected chi connectivity index (χ3v) is 8.02. The smallest absolute Gasteiger partial charge is 0.157 e. The Morgan fingerprint density at radius 1 is 1.00 bits per heavy atom. The van der Waals surface area contributed by atoms with Crippen molar-refractivity contribution in [1.29, 1.82) is 0 Å². The van der Waals surface area contributed by atoms with Crippen LogP contribution in [0.15, 0.2) is 0 Å². The van der Waals surface area contributed by atoms with Gasteiger partial charge in [0.05, 0.1) is 10.5 Å². The molecule has 0 saturated heterocycles. The molecule has 0 heterocycles. The van der Waals surface area contributed by atoms with Gasteiger partial charge in [-0.1, -0.05) is 33.6 Å². The maximum Gasteiger partial charge on any atom is 0.157 e. The van der Waals surface area contributed by atoms with E-state index in [2.05, 4.69) is 26.1 Å². The lowest BCUT2D eigenvalue weighted by molar-refractivity contribution is 0.305. The van der Waals surface area contributed by atoms with E-state index in [1.807, 2.05) is 0 Å². The van der Waals surface area contributed by atoms with Crippen LogP contribution in [0, 0.1) is 11.8 Å². The van der Waals surface area contributed by atoms with Crippen LogP contribution in [0.5, 0.6) is 0 Å². The molecule has 0 spiro atoms. The molecule has 118 valence electrons. The summed E-state index contributed by atoms with van der Waals surface area (Å²) in [5.74, 6) is 1.12. The molecular weight excluding hydrogens is 270 g/mol. The first-order valence-corrected chi connectivity index (χ1v) is 10.0. The van der Waals surface area contributed by atoms with Crippen LogP contribution in [-0.4, -0.2) is 31.5 Å². The van der Waals surface area contributed by atoms with E-state index in [1.54, 1.807) is 0 Å².